The van der Waals surface area contributed by atoms with E-state index >= 15 is 0 Å². The summed E-state index contributed by atoms with van der Waals surface area (Å²) in [4.78, 5) is 4.48. The SMILES string of the molecule is CC(C)(C)c1cn2nc(CO)ccc2n1. The third-order valence-electron chi connectivity index (χ3n) is 2.31. The molecule has 0 bridgehead atoms. The zero-order chi connectivity index (χ0) is 11.1. The second kappa shape index (κ2) is 3.31. The lowest BCUT2D eigenvalue weighted by molar-refractivity contribution is 0.275. The van der Waals surface area contributed by atoms with Gasteiger partial charge in [-0.15, -0.1) is 0 Å². The summed E-state index contributed by atoms with van der Waals surface area (Å²) in [5, 5.41) is 13.2. The van der Waals surface area contributed by atoms with Crippen LogP contribution in [0.2, 0.25) is 0 Å². The maximum Gasteiger partial charge on any atom is 0.153 e. The van der Waals surface area contributed by atoms with Gasteiger partial charge in [0.2, 0.25) is 0 Å². The minimum absolute atomic E-state index is 0.0209. The Morgan fingerprint density at radius 2 is 2.07 bits per heavy atom. The molecule has 1 N–H and O–H groups in total. The van der Waals surface area contributed by atoms with Gasteiger partial charge in [-0.2, -0.15) is 5.10 Å². The van der Waals surface area contributed by atoms with Crippen molar-refractivity contribution in [2.75, 3.05) is 0 Å². The Labute approximate surface area is 88.6 Å². The monoisotopic (exact) mass is 205 g/mol. The molecule has 4 heteroatoms. The topological polar surface area (TPSA) is 50.4 Å². The van der Waals surface area contributed by atoms with Gasteiger partial charge in [0.25, 0.3) is 0 Å². The highest BCUT2D eigenvalue weighted by atomic mass is 16.3. The highest BCUT2D eigenvalue weighted by Crippen LogP contribution is 2.20. The number of aromatic nitrogens is 3. The Balaban J connectivity index is 2.56. The Hall–Kier alpha value is -1.42. The Morgan fingerprint density at radius 3 is 2.67 bits per heavy atom. The molecule has 0 fully saturated rings. The number of hydrogen-bond acceptors (Lipinski definition) is 3. The first kappa shape index (κ1) is 10.1. The van der Waals surface area contributed by atoms with Crippen LogP contribution < -0.4 is 0 Å². The van der Waals surface area contributed by atoms with E-state index < -0.39 is 0 Å². The smallest absolute Gasteiger partial charge is 0.153 e. The molecular formula is C11H15N3O. The van der Waals surface area contributed by atoms with Gasteiger partial charge in [-0.3, -0.25) is 0 Å². The first-order valence-corrected chi connectivity index (χ1v) is 4.97. The second-order valence-electron chi connectivity index (χ2n) is 4.66. The van der Waals surface area contributed by atoms with E-state index in [9.17, 15) is 0 Å². The molecule has 0 atom stereocenters. The fourth-order valence-electron chi connectivity index (χ4n) is 1.37. The van der Waals surface area contributed by atoms with E-state index in [4.69, 9.17) is 5.11 Å². The van der Waals surface area contributed by atoms with Gasteiger partial charge in [-0.25, -0.2) is 9.50 Å². The zero-order valence-electron chi connectivity index (χ0n) is 9.23. The predicted octanol–water partition coefficient (Wildman–Crippen LogP) is 1.52. The van der Waals surface area contributed by atoms with E-state index in [2.05, 4.69) is 30.9 Å². The van der Waals surface area contributed by atoms with Crippen LogP contribution in [-0.4, -0.2) is 19.7 Å². The van der Waals surface area contributed by atoms with E-state index in [0.29, 0.717) is 5.69 Å². The molecule has 4 nitrogen and oxygen atoms in total. The number of imidazole rings is 1. The maximum absolute atomic E-state index is 8.97. The summed E-state index contributed by atoms with van der Waals surface area (Å²) in [6.45, 7) is 6.30. The average molecular weight is 205 g/mol. The zero-order valence-corrected chi connectivity index (χ0v) is 9.23. The summed E-state index contributed by atoms with van der Waals surface area (Å²) < 4.78 is 1.71. The van der Waals surface area contributed by atoms with Crippen molar-refractivity contribution < 1.29 is 5.11 Å². The van der Waals surface area contributed by atoms with Gasteiger partial charge in [-0.1, -0.05) is 20.8 Å². The molecular weight excluding hydrogens is 190 g/mol. The molecule has 0 aliphatic rings. The summed E-state index contributed by atoms with van der Waals surface area (Å²) >= 11 is 0. The molecule has 80 valence electrons. The van der Waals surface area contributed by atoms with E-state index in [1.165, 1.54) is 0 Å². The van der Waals surface area contributed by atoms with Crippen molar-refractivity contribution in [3.8, 4) is 0 Å². The van der Waals surface area contributed by atoms with Crippen LogP contribution in [0.1, 0.15) is 32.2 Å². The van der Waals surface area contributed by atoms with Gasteiger partial charge < -0.3 is 5.11 Å². The van der Waals surface area contributed by atoms with Gasteiger partial charge >= 0.3 is 0 Å². The first-order chi connectivity index (χ1) is 7.00. The molecule has 15 heavy (non-hydrogen) atoms. The molecule has 0 spiro atoms. The molecule has 0 radical (unpaired) electrons. The van der Waals surface area contributed by atoms with Crippen LogP contribution in [0.3, 0.4) is 0 Å². The van der Waals surface area contributed by atoms with Gasteiger partial charge in [0.15, 0.2) is 5.65 Å². The lowest BCUT2D eigenvalue weighted by Gasteiger charge is -2.13. The van der Waals surface area contributed by atoms with Crippen LogP contribution in [-0.2, 0) is 12.0 Å². The highest BCUT2D eigenvalue weighted by molar-refractivity contribution is 5.39. The molecule has 0 amide bonds. The van der Waals surface area contributed by atoms with Crippen LogP contribution in [0.25, 0.3) is 5.65 Å². The molecule has 2 heterocycles. The van der Waals surface area contributed by atoms with Gasteiger partial charge in [0, 0.05) is 5.41 Å². The number of nitrogens with zero attached hydrogens (tertiary/aromatic N) is 3. The molecule has 0 aliphatic heterocycles. The summed E-state index contributed by atoms with van der Waals surface area (Å²) in [5.41, 5.74) is 2.50. The van der Waals surface area contributed by atoms with Crippen LogP contribution >= 0.6 is 0 Å². The normalized spacial score (nSPS) is 12.3. The molecule has 0 aliphatic carbocycles. The van der Waals surface area contributed by atoms with Crippen molar-refractivity contribution >= 4 is 5.65 Å². The summed E-state index contributed by atoms with van der Waals surface area (Å²) in [6.07, 6.45) is 1.91. The molecule has 0 saturated carbocycles. The van der Waals surface area contributed by atoms with Crippen molar-refractivity contribution in [3.63, 3.8) is 0 Å². The van der Waals surface area contributed by atoms with Gasteiger partial charge in [0.1, 0.15) is 0 Å². The van der Waals surface area contributed by atoms with E-state index in [1.54, 1.807) is 10.6 Å². The molecule has 0 aromatic carbocycles. The second-order valence-corrected chi connectivity index (χ2v) is 4.66. The van der Waals surface area contributed by atoms with Crippen molar-refractivity contribution in [1.82, 2.24) is 14.6 Å². The predicted molar refractivity (Wildman–Crippen MR) is 57.6 cm³/mol. The standard InChI is InChI=1S/C11H15N3O/c1-11(2,3)9-6-14-10(12-9)5-4-8(7-15)13-14/h4-6,15H,7H2,1-3H3. The number of fused-ring (bicyclic) bond motifs is 1. The van der Waals surface area contributed by atoms with Crippen molar-refractivity contribution in [2.24, 2.45) is 0 Å². The summed E-state index contributed by atoms with van der Waals surface area (Å²) in [5.74, 6) is 0. The van der Waals surface area contributed by atoms with E-state index in [1.807, 2.05) is 12.3 Å². The Bertz CT molecular complexity index is 482. The minimum atomic E-state index is -0.0427. The van der Waals surface area contributed by atoms with Crippen LogP contribution in [0.15, 0.2) is 18.3 Å². The maximum atomic E-state index is 8.97. The lowest BCUT2D eigenvalue weighted by Crippen LogP contribution is -2.11. The van der Waals surface area contributed by atoms with Crippen molar-refractivity contribution in [2.45, 2.75) is 32.8 Å². The van der Waals surface area contributed by atoms with Crippen molar-refractivity contribution in [1.29, 1.82) is 0 Å². The third-order valence-corrected chi connectivity index (χ3v) is 2.31. The van der Waals surface area contributed by atoms with Crippen molar-refractivity contribution in [3.05, 3.63) is 29.7 Å². The largest absolute Gasteiger partial charge is 0.390 e. The van der Waals surface area contributed by atoms with Gasteiger partial charge in [-0.05, 0) is 12.1 Å². The Kier molecular flexibility index (Phi) is 2.23. The number of hydrogen-bond donors (Lipinski definition) is 1. The fourth-order valence-corrected chi connectivity index (χ4v) is 1.37. The minimum Gasteiger partial charge on any atom is -0.390 e. The molecule has 2 aromatic heterocycles. The third kappa shape index (κ3) is 1.85. The summed E-state index contributed by atoms with van der Waals surface area (Å²) in [6, 6.07) is 3.66. The average Bonchev–Trinajstić information content (AvgIpc) is 2.59. The quantitative estimate of drug-likeness (QED) is 0.768. The van der Waals surface area contributed by atoms with Crippen LogP contribution in [0.5, 0.6) is 0 Å². The number of rotatable bonds is 1. The molecule has 0 unspecified atom stereocenters. The highest BCUT2D eigenvalue weighted by Gasteiger charge is 2.17. The summed E-state index contributed by atoms with van der Waals surface area (Å²) in [7, 11) is 0. The fraction of sp³-hybridized carbons (Fsp3) is 0.455. The van der Waals surface area contributed by atoms with Crippen LogP contribution in [0.4, 0.5) is 0 Å². The number of aliphatic hydroxyl groups is 1. The number of aliphatic hydroxyl groups excluding tert-OH is 1. The molecule has 2 rings (SSSR count). The van der Waals surface area contributed by atoms with Gasteiger partial charge in [0.05, 0.1) is 24.2 Å². The lowest BCUT2D eigenvalue weighted by atomic mass is 9.93. The Morgan fingerprint density at radius 1 is 1.33 bits per heavy atom. The first-order valence-electron chi connectivity index (χ1n) is 4.97. The molecule has 2 aromatic rings. The van der Waals surface area contributed by atoms with Crippen LogP contribution in [0, 0.1) is 0 Å². The molecule has 0 saturated heterocycles. The van der Waals surface area contributed by atoms with E-state index in [-0.39, 0.29) is 12.0 Å². The van der Waals surface area contributed by atoms with E-state index in [0.717, 1.165) is 11.3 Å².